The third kappa shape index (κ3) is 4.95. The zero-order chi connectivity index (χ0) is 15.2. The normalized spacial score (nSPS) is 10.6. The first-order chi connectivity index (χ1) is 10.0. The van der Waals surface area contributed by atoms with Crippen molar-refractivity contribution in [2.24, 2.45) is 5.92 Å². The number of hydrogen-bond acceptors (Lipinski definition) is 2. The van der Waals surface area contributed by atoms with Gasteiger partial charge in [-0.1, -0.05) is 38.1 Å². The van der Waals surface area contributed by atoms with Crippen LogP contribution < -0.4 is 11.1 Å². The smallest absolute Gasteiger partial charge is 0.228 e. The van der Waals surface area contributed by atoms with Crippen LogP contribution in [0.15, 0.2) is 48.5 Å². The van der Waals surface area contributed by atoms with Crippen LogP contribution in [0.25, 0.3) is 0 Å². The SMILES string of the molecule is CC(C)Cc1ccc(CC(=O)Nc2ccc(N)cc2)cc1. The molecule has 3 heteroatoms. The molecule has 0 heterocycles. The Balaban J connectivity index is 1.91. The van der Waals surface area contributed by atoms with E-state index in [-0.39, 0.29) is 5.91 Å². The fourth-order valence-corrected chi connectivity index (χ4v) is 2.22. The molecule has 0 unspecified atom stereocenters. The predicted molar refractivity (Wildman–Crippen MR) is 88.2 cm³/mol. The molecule has 3 N–H and O–H groups in total. The van der Waals surface area contributed by atoms with Crippen molar-refractivity contribution in [3.63, 3.8) is 0 Å². The Labute approximate surface area is 126 Å². The second-order valence-corrected chi connectivity index (χ2v) is 5.76. The van der Waals surface area contributed by atoms with Gasteiger partial charge in [0.15, 0.2) is 0 Å². The summed E-state index contributed by atoms with van der Waals surface area (Å²) in [6.07, 6.45) is 1.45. The fraction of sp³-hybridized carbons (Fsp3) is 0.278. The second kappa shape index (κ2) is 6.93. The number of amides is 1. The molecule has 3 nitrogen and oxygen atoms in total. The largest absolute Gasteiger partial charge is 0.399 e. The molecule has 1 amide bonds. The number of benzene rings is 2. The molecule has 0 saturated carbocycles. The summed E-state index contributed by atoms with van der Waals surface area (Å²) in [4.78, 5) is 12.0. The zero-order valence-electron chi connectivity index (χ0n) is 12.6. The molecule has 0 radical (unpaired) electrons. The van der Waals surface area contributed by atoms with Crippen molar-refractivity contribution in [1.29, 1.82) is 0 Å². The van der Waals surface area contributed by atoms with Crippen molar-refractivity contribution in [3.05, 3.63) is 59.7 Å². The van der Waals surface area contributed by atoms with Crippen LogP contribution >= 0.6 is 0 Å². The van der Waals surface area contributed by atoms with Crippen molar-refractivity contribution < 1.29 is 4.79 Å². The quantitative estimate of drug-likeness (QED) is 0.822. The highest BCUT2D eigenvalue weighted by atomic mass is 16.1. The highest BCUT2D eigenvalue weighted by Gasteiger charge is 2.05. The summed E-state index contributed by atoms with van der Waals surface area (Å²) in [5.41, 5.74) is 9.41. The van der Waals surface area contributed by atoms with Crippen molar-refractivity contribution in [2.75, 3.05) is 11.1 Å². The van der Waals surface area contributed by atoms with Crippen molar-refractivity contribution in [1.82, 2.24) is 0 Å². The van der Waals surface area contributed by atoms with Gasteiger partial charge in [-0.3, -0.25) is 4.79 Å². The minimum atomic E-state index is -0.0172. The maximum absolute atomic E-state index is 12.0. The Hall–Kier alpha value is -2.29. The van der Waals surface area contributed by atoms with Crippen LogP contribution in [0.3, 0.4) is 0 Å². The maximum atomic E-state index is 12.0. The molecule has 21 heavy (non-hydrogen) atoms. The van der Waals surface area contributed by atoms with E-state index in [0.29, 0.717) is 18.0 Å². The summed E-state index contributed by atoms with van der Waals surface area (Å²) >= 11 is 0. The number of nitrogens with two attached hydrogens (primary N) is 1. The summed E-state index contributed by atoms with van der Waals surface area (Å²) < 4.78 is 0. The van der Waals surface area contributed by atoms with E-state index in [9.17, 15) is 4.79 Å². The van der Waals surface area contributed by atoms with Gasteiger partial charge in [-0.2, -0.15) is 0 Å². The number of rotatable bonds is 5. The molecule has 0 atom stereocenters. The third-order valence-corrected chi connectivity index (χ3v) is 3.23. The highest BCUT2D eigenvalue weighted by Crippen LogP contribution is 2.13. The standard InChI is InChI=1S/C18H22N2O/c1-13(2)11-14-3-5-15(6-4-14)12-18(21)20-17-9-7-16(19)8-10-17/h3-10,13H,11-12,19H2,1-2H3,(H,20,21). The number of carbonyl (C=O) groups excluding carboxylic acids is 1. The average Bonchev–Trinajstić information content (AvgIpc) is 2.43. The molecule has 2 aromatic rings. The van der Waals surface area contributed by atoms with Crippen LogP contribution in [-0.4, -0.2) is 5.91 Å². The van der Waals surface area contributed by atoms with Gasteiger partial charge in [-0.25, -0.2) is 0 Å². The number of anilines is 2. The second-order valence-electron chi connectivity index (χ2n) is 5.76. The average molecular weight is 282 g/mol. The molecule has 0 saturated heterocycles. The van der Waals surface area contributed by atoms with Crippen LogP contribution in [0.1, 0.15) is 25.0 Å². The predicted octanol–water partition coefficient (Wildman–Crippen LogP) is 3.65. The van der Waals surface area contributed by atoms with Gasteiger partial charge in [0, 0.05) is 11.4 Å². The van der Waals surface area contributed by atoms with Crippen LogP contribution in [-0.2, 0) is 17.6 Å². The molecule has 0 bridgehead atoms. The van der Waals surface area contributed by atoms with Crippen molar-refractivity contribution in [2.45, 2.75) is 26.7 Å². The van der Waals surface area contributed by atoms with Crippen LogP contribution in [0.5, 0.6) is 0 Å². The van der Waals surface area contributed by atoms with Crippen LogP contribution in [0.4, 0.5) is 11.4 Å². The maximum Gasteiger partial charge on any atom is 0.228 e. The Bertz CT molecular complexity index is 586. The van der Waals surface area contributed by atoms with Crippen molar-refractivity contribution >= 4 is 17.3 Å². The third-order valence-electron chi connectivity index (χ3n) is 3.23. The topological polar surface area (TPSA) is 55.1 Å². The molecule has 110 valence electrons. The van der Waals surface area contributed by atoms with Crippen LogP contribution in [0.2, 0.25) is 0 Å². The molecule has 2 aromatic carbocycles. The Kier molecular flexibility index (Phi) is 4.99. The Morgan fingerprint density at radius 1 is 1.00 bits per heavy atom. The lowest BCUT2D eigenvalue weighted by Gasteiger charge is -2.08. The minimum Gasteiger partial charge on any atom is -0.399 e. The van der Waals surface area contributed by atoms with E-state index >= 15 is 0 Å². The van der Waals surface area contributed by atoms with Crippen molar-refractivity contribution in [3.8, 4) is 0 Å². The molecular formula is C18H22N2O. The number of carbonyl (C=O) groups is 1. The summed E-state index contributed by atoms with van der Waals surface area (Å²) in [6.45, 7) is 4.40. The van der Waals surface area contributed by atoms with E-state index in [1.165, 1.54) is 5.56 Å². The minimum absolute atomic E-state index is 0.0172. The molecule has 0 aliphatic rings. The van der Waals surface area contributed by atoms with Gasteiger partial charge in [-0.05, 0) is 47.7 Å². The molecule has 0 spiro atoms. The Morgan fingerprint density at radius 2 is 1.57 bits per heavy atom. The summed E-state index contributed by atoms with van der Waals surface area (Å²) in [7, 11) is 0. The summed E-state index contributed by atoms with van der Waals surface area (Å²) in [6, 6.07) is 15.4. The fourth-order valence-electron chi connectivity index (χ4n) is 2.22. The van der Waals surface area contributed by atoms with Crippen LogP contribution in [0, 0.1) is 5.92 Å². The van der Waals surface area contributed by atoms with Gasteiger partial charge in [0.25, 0.3) is 0 Å². The van der Waals surface area contributed by atoms with Gasteiger partial charge >= 0.3 is 0 Å². The summed E-state index contributed by atoms with van der Waals surface area (Å²) in [5.74, 6) is 0.626. The van der Waals surface area contributed by atoms with E-state index in [0.717, 1.165) is 17.7 Å². The molecule has 0 aromatic heterocycles. The lowest BCUT2D eigenvalue weighted by molar-refractivity contribution is -0.115. The highest BCUT2D eigenvalue weighted by molar-refractivity contribution is 5.92. The monoisotopic (exact) mass is 282 g/mol. The summed E-state index contributed by atoms with van der Waals surface area (Å²) in [5, 5.41) is 2.87. The number of nitrogen functional groups attached to an aromatic ring is 1. The van der Waals surface area contributed by atoms with E-state index in [1.54, 1.807) is 24.3 Å². The molecule has 0 fully saturated rings. The first-order valence-corrected chi connectivity index (χ1v) is 7.26. The molecule has 0 aliphatic heterocycles. The first kappa shape index (κ1) is 15.1. The van der Waals surface area contributed by atoms with Gasteiger partial charge in [0.2, 0.25) is 5.91 Å². The number of hydrogen-bond donors (Lipinski definition) is 2. The van der Waals surface area contributed by atoms with E-state index in [4.69, 9.17) is 5.73 Å². The zero-order valence-corrected chi connectivity index (χ0v) is 12.6. The first-order valence-electron chi connectivity index (χ1n) is 7.26. The molecule has 0 aliphatic carbocycles. The number of nitrogens with one attached hydrogen (secondary N) is 1. The van der Waals surface area contributed by atoms with Gasteiger partial charge in [0.1, 0.15) is 0 Å². The van der Waals surface area contributed by atoms with E-state index < -0.39 is 0 Å². The lowest BCUT2D eigenvalue weighted by Crippen LogP contribution is -2.14. The van der Waals surface area contributed by atoms with Gasteiger partial charge in [0.05, 0.1) is 6.42 Å². The van der Waals surface area contributed by atoms with E-state index in [1.807, 2.05) is 12.1 Å². The molecule has 2 rings (SSSR count). The van der Waals surface area contributed by atoms with E-state index in [2.05, 4.69) is 31.3 Å². The van der Waals surface area contributed by atoms with Gasteiger partial charge in [-0.15, -0.1) is 0 Å². The Morgan fingerprint density at radius 3 is 2.14 bits per heavy atom. The molecular weight excluding hydrogens is 260 g/mol. The lowest BCUT2D eigenvalue weighted by atomic mass is 10.0. The van der Waals surface area contributed by atoms with Gasteiger partial charge < -0.3 is 11.1 Å².